The fraction of sp³-hybridized carbons (Fsp3) is 0.611. The first kappa shape index (κ1) is 15.3. The number of benzene rings is 1. The van der Waals surface area contributed by atoms with Crippen molar-refractivity contribution in [3.63, 3.8) is 0 Å². The monoisotopic (exact) mass is 302 g/mol. The lowest BCUT2D eigenvalue weighted by molar-refractivity contribution is -0.126. The lowest BCUT2D eigenvalue weighted by atomic mass is 9.69. The summed E-state index contributed by atoms with van der Waals surface area (Å²) in [5.74, 6) is 1.26. The van der Waals surface area contributed by atoms with Gasteiger partial charge < -0.3 is 15.4 Å². The van der Waals surface area contributed by atoms with E-state index in [2.05, 4.69) is 22.8 Å². The molecular formula is C18H26N2O2. The molecule has 1 amide bonds. The topological polar surface area (TPSA) is 50.4 Å². The van der Waals surface area contributed by atoms with Crippen molar-refractivity contribution in [2.24, 2.45) is 5.92 Å². The van der Waals surface area contributed by atoms with Gasteiger partial charge in [-0.3, -0.25) is 4.79 Å². The molecule has 22 heavy (non-hydrogen) atoms. The highest BCUT2D eigenvalue weighted by molar-refractivity contribution is 5.80. The van der Waals surface area contributed by atoms with Gasteiger partial charge in [0.15, 0.2) is 0 Å². The van der Waals surface area contributed by atoms with Crippen molar-refractivity contribution in [3.05, 3.63) is 29.8 Å². The van der Waals surface area contributed by atoms with E-state index in [1.54, 1.807) is 7.11 Å². The van der Waals surface area contributed by atoms with Crippen LogP contribution in [0.5, 0.6) is 5.75 Å². The smallest absolute Gasteiger partial charge is 0.225 e. The molecule has 0 aromatic heterocycles. The Bertz CT molecular complexity index is 502. The number of hydrogen-bond donors (Lipinski definition) is 2. The summed E-state index contributed by atoms with van der Waals surface area (Å²) in [5.41, 5.74) is 1.43. The molecule has 120 valence electrons. The van der Waals surface area contributed by atoms with Crippen molar-refractivity contribution in [3.8, 4) is 5.75 Å². The van der Waals surface area contributed by atoms with E-state index < -0.39 is 0 Å². The summed E-state index contributed by atoms with van der Waals surface area (Å²) in [6.45, 7) is 2.40. The maximum atomic E-state index is 12.2. The summed E-state index contributed by atoms with van der Waals surface area (Å²) in [7, 11) is 1.69. The van der Waals surface area contributed by atoms with Crippen molar-refractivity contribution >= 4 is 5.91 Å². The molecule has 1 aromatic carbocycles. The fourth-order valence-electron chi connectivity index (χ4n) is 3.62. The van der Waals surface area contributed by atoms with Crippen LogP contribution in [0.15, 0.2) is 24.3 Å². The van der Waals surface area contributed by atoms with Crippen LogP contribution in [-0.4, -0.2) is 32.7 Å². The fourth-order valence-corrected chi connectivity index (χ4v) is 3.62. The van der Waals surface area contributed by atoms with E-state index in [9.17, 15) is 4.79 Å². The van der Waals surface area contributed by atoms with Crippen molar-refractivity contribution in [1.82, 2.24) is 10.6 Å². The molecular weight excluding hydrogens is 276 g/mol. The number of amides is 1. The Kier molecular flexibility index (Phi) is 4.67. The zero-order chi connectivity index (χ0) is 15.4. The molecule has 4 heteroatoms. The number of ether oxygens (including phenoxy) is 1. The summed E-state index contributed by atoms with van der Waals surface area (Å²) in [5, 5.41) is 6.37. The predicted octanol–water partition coefficient (Wildman–Crippen LogP) is 2.23. The van der Waals surface area contributed by atoms with Gasteiger partial charge in [-0.1, -0.05) is 31.4 Å². The maximum absolute atomic E-state index is 12.2. The second kappa shape index (κ2) is 6.69. The van der Waals surface area contributed by atoms with Crippen LogP contribution in [0.1, 0.15) is 37.7 Å². The first-order chi connectivity index (χ1) is 10.7. The molecule has 2 aliphatic rings. The van der Waals surface area contributed by atoms with E-state index in [0.717, 1.165) is 38.2 Å². The van der Waals surface area contributed by atoms with Gasteiger partial charge in [-0.05, 0) is 30.5 Å². The van der Waals surface area contributed by atoms with Crippen LogP contribution in [-0.2, 0) is 10.2 Å². The van der Waals surface area contributed by atoms with Crippen molar-refractivity contribution in [1.29, 1.82) is 0 Å². The van der Waals surface area contributed by atoms with E-state index in [0.29, 0.717) is 0 Å². The quantitative estimate of drug-likeness (QED) is 0.877. The Morgan fingerprint density at radius 1 is 1.23 bits per heavy atom. The van der Waals surface area contributed by atoms with Gasteiger partial charge in [-0.2, -0.15) is 0 Å². The largest absolute Gasteiger partial charge is 0.497 e. The zero-order valence-corrected chi connectivity index (χ0v) is 13.4. The van der Waals surface area contributed by atoms with Gasteiger partial charge in [-0.15, -0.1) is 0 Å². The third-order valence-electron chi connectivity index (χ3n) is 5.27. The normalized spacial score (nSPS) is 21.0. The molecule has 4 nitrogen and oxygen atoms in total. The molecule has 0 bridgehead atoms. The molecule has 3 rings (SSSR count). The van der Waals surface area contributed by atoms with E-state index in [1.165, 1.54) is 24.8 Å². The summed E-state index contributed by atoms with van der Waals surface area (Å²) in [4.78, 5) is 12.2. The number of carbonyl (C=O) groups excluding carboxylic acids is 1. The molecule has 0 unspecified atom stereocenters. The summed E-state index contributed by atoms with van der Waals surface area (Å²) >= 11 is 0. The number of hydrogen-bond acceptors (Lipinski definition) is 3. The van der Waals surface area contributed by atoms with Gasteiger partial charge in [0.2, 0.25) is 5.91 Å². The Labute approximate surface area is 132 Å². The second-order valence-electron chi connectivity index (χ2n) is 6.64. The van der Waals surface area contributed by atoms with Crippen LogP contribution in [0.2, 0.25) is 0 Å². The second-order valence-corrected chi connectivity index (χ2v) is 6.64. The van der Waals surface area contributed by atoms with E-state index in [1.807, 2.05) is 12.1 Å². The minimum absolute atomic E-state index is 0.0946. The average Bonchev–Trinajstić information content (AvgIpc) is 2.52. The molecule has 1 heterocycles. The molecule has 1 aromatic rings. The Hall–Kier alpha value is -1.55. The van der Waals surface area contributed by atoms with Gasteiger partial charge in [0, 0.05) is 25.0 Å². The highest BCUT2D eigenvalue weighted by Gasteiger charge is 2.35. The molecule has 0 spiro atoms. The highest BCUT2D eigenvalue weighted by atomic mass is 16.5. The van der Waals surface area contributed by atoms with E-state index >= 15 is 0 Å². The van der Waals surface area contributed by atoms with Crippen molar-refractivity contribution in [2.45, 2.75) is 37.5 Å². The molecule has 1 aliphatic heterocycles. The number of rotatable bonds is 5. The number of methoxy groups -OCH3 is 1. The van der Waals surface area contributed by atoms with Gasteiger partial charge in [0.1, 0.15) is 5.75 Å². The molecule has 1 aliphatic carbocycles. The first-order valence-corrected chi connectivity index (χ1v) is 8.36. The molecule has 2 N–H and O–H groups in total. The third-order valence-corrected chi connectivity index (χ3v) is 5.27. The van der Waals surface area contributed by atoms with Gasteiger partial charge in [0.25, 0.3) is 0 Å². The van der Waals surface area contributed by atoms with Gasteiger partial charge >= 0.3 is 0 Å². The van der Waals surface area contributed by atoms with Gasteiger partial charge in [-0.25, -0.2) is 0 Å². The SMILES string of the molecule is COc1ccc(C2(CNC(=O)C3CNC3)CCCCC2)cc1. The molecule has 0 radical (unpaired) electrons. The van der Waals surface area contributed by atoms with Crippen LogP contribution >= 0.6 is 0 Å². The van der Waals surface area contributed by atoms with Crippen LogP contribution in [0.25, 0.3) is 0 Å². The van der Waals surface area contributed by atoms with Crippen molar-refractivity contribution in [2.75, 3.05) is 26.7 Å². The molecule has 1 saturated heterocycles. The Morgan fingerprint density at radius 2 is 1.91 bits per heavy atom. The van der Waals surface area contributed by atoms with Crippen molar-refractivity contribution < 1.29 is 9.53 Å². The first-order valence-electron chi connectivity index (χ1n) is 8.36. The maximum Gasteiger partial charge on any atom is 0.225 e. The summed E-state index contributed by atoms with van der Waals surface area (Å²) in [6.07, 6.45) is 6.10. The van der Waals surface area contributed by atoms with Crippen LogP contribution < -0.4 is 15.4 Å². The van der Waals surface area contributed by atoms with Crippen LogP contribution in [0.3, 0.4) is 0 Å². The van der Waals surface area contributed by atoms with Crippen LogP contribution in [0.4, 0.5) is 0 Å². The Balaban J connectivity index is 1.72. The zero-order valence-electron chi connectivity index (χ0n) is 13.4. The minimum Gasteiger partial charge on any atom is -0.497 e. The van der Waals surface area contributed by atoms with Crippen LogP contribution in [0, 0.1) is 5.92 Å². The standard InChI is InChI=1S/C18H26N2O2/c1-22-16-7-5-15(6-8-16)18(9-3-2-4-10-18)13-20-17(21)14-11-19-12-14/h5-8,14,19H,2-4,9-13H2,1H3,(H,20,21). The summed E-state index contributed by atoms with van der Waals surface area (Å²) in [6, 6.07) is 8.40. The molecule has 1 saturated carbocycles. The number of carbonyl (C=O) groups is 1. The average molecular weight is 302 g/mol. The highest BCUT2D eigenvalue weighted by Crippen LogP contribution is 2.39. The van der Waals surface area contributed by atoms with Gasteiger partial charge in [0.05, 0.1) is 13.0 Å². The summed E-state index contributed by atoms with van der Waals surface area (Å²) < 4.78 is 5.26. The van der Waals surface area contributed by atoms with E-state index in [-0.39, 0.29) is 17.2 Å². The molecule has 0 atom stereocenters. The lowest BCUT2D eigenvalue weighted by Crippen LogP contribution is -2.53. The number of nitrogens with one attached hydrogen (secondary N) is 2. The lowest BCUT2D eigenvalue weighted by Gasteiger charge is -2.39. The minimum atomic E-state index is 0.0946. The molecule has 2 fully saturated rings. The Morgan fingerprint density at radius 3 is 2.45 bits per heavy atom. The van der Waals surface area contributed by atoms with E-state index in [4.69, 9.17) is 4.74 Å². The predicted molar refractivity (Wildman–Crippen MR) is 87.1 cm³/mol. The third kappa shape index (κ3) is 3.12.